The third-order valence-electron chi connectivity index (χ3n) is 3.93. The van der Waals surface area contributed by atoms with Crippen molar-refractivity contribution in [1.29, 1.82) is 0 Å². The molecule has 3 rings (SSSR count). The molecular weight excluding hydrogens is 314 g/mol. The van der Waals surface area contributed by atoms with E-state index in [9.17, 15) is 0 Å². The predicted octanol–water partition coefficient (Wildman–Crippen LogP) is 4.88. The minimum Gasteiger partial charge on any atom is -0.387 e. The Labute approximate surface area is 147 Å². The molecule has 0 radical (unpaired) electrons. The van der Waals surface area contributed by atoms with Crippen molar-refractivity contribution in [3.8, 4) is 20.9 Å². The molecule has 1 aromatic carbocycles. The third kappa shape index (κ3) is 3.40. The molecule has 2 N–H and O–H groups in total. The van der Waals surface area contributed by atoms with Crippen LogP contribution in [0.4, 0.5) is 5.69 Å². The average molecular weight is 335 g/mol. The number of thiophene rings is 1. The van der Waals surface area contributed by atoms with Gasteiger partial charge in [0, 0.05) is 41.3 Å². The van der Waals surface area contributed by atoms with Gasteiger partial charge in [0.05, 0.1) is 5.69 Å². The summed E-state index contributed by atoms with van der Waals surface area (Å²) in [6, 6.07) is 13.0. The first-order valence-corrected chi connectivity index (χ1v) is 8.70. The largest absolute Gasteiger partial charge is 0.387 e. The lowest BCUT2D eigenvalue weighted by molar-refractivity contribution is 0.817. The highest BCUT2D eigenvalue weighted by molar-refractivity contribution is 7.18. The number of nitrogens with zero attached hydrogens (tertiary/aromatic N) is 1. The van der Waals surface area contributed by atoms with Gasteiger partial charge in [-0.05, 0) is 48.0 Å². The molecule has 0 spiro atoms. The first kappa shape index (κ1) is 16.4. The summed E-state index contributed by atoms with van der Waals surface area (Å²) in [5.74, 6) is 0. The van der Waals surface area contributed by atoms with Crippen LogP contribution in [0.3, 0.4) is 0 Å². The van der Waals surface area contributed by atoms with E-state index in [0.29, 0.717) is 0 Å². The Morgan fingerprint density at radius 2 is 1.83 bits per heavy atom. The molecular formula is C20H21N3S. The first-order valence-electron chi connectivity index (χ1n) is 7.88. The van der Waals surface area contributed by atoms with Gasteiger partial charge in [0.15, 0.2) is 0 Å². The Morgan fingerprint density at radius 1 is 1.04 bits per heavy atom. The number of hydrogen-bond donors (Lipinski definition) is 2. The summed E-state index contributed by atoms with van der Waals surface area (Å²) in [5.41, 5.74) is 5.83. The monoisotopic (exact) mass is 335 g/mol. The van der Waals surface area contributed by atoms with Crippen molar-refractivity contribution in [1.82, 2.24) is 10.3 Å². The molecule has 2 heterocycles. The van der Waals surface area contributed by atoms with Crippen LogP contribution in [0, 0.1) is 0 Å². The molecule has 2 aromatic heterocycles. The van der Waals surface area contributed by atoms with Gasteiger partial charge in [0.1, 0.15) is 0 Å². The Morgan fingerprint density at radius 3 is 2.54 bits per heavy atom. The lowest BCUT2D eigenvalue weighted by atomic mass is 10.0. The van der Waals surface area contributed by atoms with Crippen LogP contribution in [-0.4, -0.2) is 19.1 Å². The standard InChI is InChI=1S/C20H21N3S/c1-4-14-5-6-15(9-16(14)11-21-2)19-7-8-20(24-19)17-10-18(22-3)13-23-12-17/h4-10,12-13,21-22H,1,11H2,2-3H3. The summed E-state index contributed by atoms with van der Waals surface area (Å²) in [7, 11) is 3.87. The molecule has 0 bridgehead atoms. The average Bonchev–Trinajstić information content (AvgIpc) is 3.12. The topological polar surface area (TPSA) is 37.0 Å². The molecule has 4 heteroatoms. The molecule has 0 aliphatic carbocycles. The van der Waals surface area contributed by atoms with E-state index in [1.165, 1.54) is 26.4 Å². The molecule has 0 atom stereocenters. The second-order valence-electron chi connectivity index (χ2n) is 5.52. The normalized spacial score (nSPS) is 10.6. The molecule has 0 saturated carbocycles. The van der Waals surface area contributed by atoms with Gasteiger partial charge >= 0.3 is 0 Å². The SMILES string of the molecule is C=Cc1ccc(-c2ccc(-c3cncc(NC)c3)s2)cc1CNC. The molecule has 0 aliphatic rings. The lowest BCUT2D eigenvalue weighted by Gasteiger charge is -2.08. The van der Waals surface area contributed by atoms with Gasteiger partial charge in [0.25, 0.3) is 0 Å². The van der Waals surface area contributed by atoms with E-state index in [0.717, 1.165) is 17.8 Å². The van der Waals surface area contributed by atoms with E-state index >= 15 is 0 Å². The maximum atomic E-state index is 4.30. The van der Waals surface area contributed by atoms with Crippen LogP contribution >= 0.6 is 11.3 Å². The molecule has 3 aromatic rings. The van der Waals surface area contributed by atoms with Crippen LogP contribution < -0.4 is 10.6 Å². The second kappa shape index (κ2) is 7.43. The van der Waals surface area contributed by atoms with Crippen LogP contribution in [0.15, 0.2) is 55.4 Å². The molecule has 3 nitrogen and oxygen atoms in total. The van der Waals surface area contributed by atoms with Crippen LogP contribution in [-0.2, 0) is 6.54 Å². The molecule has 0 amide bonds. The number of hydrogen-bond acceptors (Lipinski definition) is 4. The highest BCUT2D eigenvalue weighted by Crippen LogP contribution is 2.35. The third-order valence-corrected chi connectivity index (χ3v) is 5.12. The fraction of sp³-hybridized carbons (Fsp3) is 0.150. The van der Waals surface area contributed by atoms with E-state index < -0.39 is 0 Å². The van der Waals surface area contributed by atoms with Crippen LogP contribution in [0.2, 0.25) is 0 Å². The molecule has 0 unspecified atom stereocenters. The van der Waals surface area contributed by atoms with Crippen molar-refractivity contribution >= 4 is 23.1 Å². The highest BCUT2D eigenvalue weighted by atomic mass is 32.1. The van der Waals surface area contributed by atoms with E-state index in [1.807, 2.05) is 32.6 Å². The van der Waals surface area contributed by atoms with Gasteiger partial charge in [-0.25, -0.2) is 0 Å². The molecule has 0 fully saturated rings. The maximum absolute atomic E-state index is 4.30. The minimum atomic E-state index is 0.835. The second-order valence-corrected chi connectivity index (χ2v) is 6.61. The quantitative estimate of drug-likeness (QED) is 0.674. The van der Waals surface area contributed by atoms with Gasteiger partial charge in [0.2, 0.25) is 0 Å². The Kier molecular flexibility index (Phi) is 5.08. The smallest absolute Gasteiger partial charge is 0.0530 e. The van der Waals surface area contributed by atoms with Crippen molar-refractivity contribution in [2.24, 2.45) is 0 Å². The summed E-state index contributed by atoms with van der Waals surface area (Å²) in [5, 5.41) is 6.36. The number of benzene rings is 1. The number of rotatable bonds is 6. The van der Waals surface area contributed by atoms with Crippen molar-refractivity contribution < 1.29 is 0 Å². The lowest BCUT2D eigenvalue weighted by Crippen LogP contribution is -2.06. The number of nitrogens with one attached hydrogen (secondary N) is 2. The Hall–Kier alpha value is -2.43. The van der Waals surface area contributed by atoms with Gasteiger partial charge < -0.3 is 10.6 Å². The zero-order valence-corrected chi connectivity index (χ0v) is 14.8. The van der Waals surface area contributed by atoms with Crippen molar-refractivity contribution in [3.05, 3.63) is 66.5 Å². The van der Waals surface area contributed by atoms with Crippen LogP contribution in [0.5, 0.6) is 0 Å². The van der Waals surface area contributed by atoms with Gasteiger partial charge in [-0.15, -0.1) is 11.3 Å². The summed E-state index contributed by atoms with van der Waals surface area (Å²) in [4.78, 5) is 6.78. The summed E-state index contributed by atoms with van der Waals surface area (Å²) in [6.45, 7) is 4.73. The van der Waals surface area contributed by atoms with E-state index in [4.69, 9.17) is 0 Å². The van der Waals surface area contributed by atoms with Gasteiger partial charge in [-0.3, -0.25) is 4.98 Å². The Balaban J connectivity index is 1.95. The zero-order chi connectivity index (χ0) is 16.9. The predicted molar refractivity (Wildman–Crippen MR) is 105 cm³/mol. The molecule has 24 heavy (non-hydrogen) atoms. The van der Waals surface area contributed by atoms with Gasteiger partial charge in [-0.1, -0.05) is 24.8 Å². The van der Waals surface area contributed by atoms with Crippen molar-refractivity contribution in [2.75, 3.05) is 19.4 Å². The van der Waals surface area contributed by atoms with E-state index in [1.54, 1.807) is 11.3 Å². The Bertz CT molecular complexity index is 852. The number of aromatic nitrogens is 1. The molecule has 0 aliphatic heterocycles. The molecule has 122 valence electrons. The van der Waals surface area contributed by atoms with E-state index in [-0.39, 0.29) is 0 Å². The maximum Gasteiger partial charge on any atom is 0.0530 e. The summed E-state index contributed by atoms with van der Waals surface area (Å²) < 4.78 is 0. The summed E-state index contributed by atoms with van der Waals surface area (Å²) in [6.07, 6.45) is 5.64. The van der Waals surface area contributed by atoms with E-state index in [2.05, 4.69) is 58.6 Å². The number of anilines is 1. The van der Waals surface area contributed by atoms with Crippen LogP contribution in [0.1, 0.15) is 11.1 Å². The van der Waals surface area contributed by atoms with Crippen LogP contribution in [0.25, 0.3) is 27.0 Å². The molecule has 0 saturated heterocycles. The van der Waals surface area contributed by atoms with Gasteiger partial charge in [-0.2, -0.15) is 0 Å². The van der Waals surface area contributed by atoms with Crippen molar-refractivity contribution in [3.63, 3.8) is 0 Å². The number of pyridine rings is 1. The fourth-order valence-electron chi connectivity index (χ4n) is 2.66. The highest BCUT2D eigenvalue weighted by Gasteiger charge is 2.08. The summed E-state index contributed by atoms with van der Waals surface area (Å²) >= 11 is 1.78. The fourth-order valence-corrected chi connectivity index (χ4v) is 3.64. The van der Waals surface area contributed by atoms with Crippen molar-refractivity contribution in [2.45, 2.75) is 6.54 Å². The minimum absolute atomic E-state index is 0.835. The zero-order valence-electron chi connectivity index (χ0n) is 14.0. The first-order chi connectivity index (χ1) is 11.7.